The summed E-state index contributed by atoms with van der Waals surface area (Å²) in [5.74, 6) is 0. The van der Waals surface area contributed by atoms with E-state index < -0.39 is 0 Å². The average molecular weight is 253 g/mol. The monoisotopic (exact) mass is 251 g/mol. The summed E-state index contributed by atoms with van der Waals surface area (Å²) in [4.78, 5) is -0.143. The summed E-state index contributed by atoms with van der Waals surface area (Å²) in [6.07, 6.45) is 1.87. The normalized spacial score (nSPS) is 14.7. The zero-order chi connectivity index (χ0) is 7.28. The molecule has 9 heavy (non-hydrogen) atoms. The summed E-state index contributed by atoms with van der Waals surface area (Å²) in [6.45, 7) is 1.97. The van der Waals surface area contributed by atoms with Crippen molar-refractivity contribution in [1.82, 2.24) is 0 Å². The molecule has 0 aromatic carbocycles. The van der Waals surface area contributed by atoms with E-state index in [9.17, 15) is 0 Å². The van der Waals surface area contributed by atoms with Crippen molar-refractivity contribution in [2.75, 3.05) is 5.33 Å². The summed E-state index contributed by atoms with van der Waals surface area (Å²) in [7, 11) is 0. The molecule has 0 aliphatic rings. The van der Waals surface area contributed by atoms with Gasteiger partial charge in [0.15, 0.2) is 0 Å². The van der Waals surface area contributed by atoms with Crippen molar-refractivity contribution in [3.05, 3.63) is 11.6 Å². The van der Waals surface area contributed by atoms with Gasteiger partial charge in [0, 0.05) is 5.33 Å². The second-order valence-electron chi connectivity index (χ2n) is 1.68. The summed E-state index contributed by atoms with van der Waals surface area (Å²) in [5.41, 5.74) is 1.17. The predicted octanol–water partition coefficient (Wildman–Crippen LogP) is 2.61. The van der Waals surface area contributed by atoms with Crippen LogP contribution < -0.4 is 0 Å². The van der Waals surface area contributed by atoms with Gasteiger partial charge in [0.1, 0.15) is 4.83 Å². The van der Waals surface area contributed by atoms with Crippen LogP contribution in [0.25, 0.3) is 0 Å². The van der Waals surface area contributed by atoms with E-state index in [4.69, 9.17) is 5.26 Å². The van der Waals surface area contributed by atoms with Crippen molar-refractivity contribution in [3.63, 3.8) is 0 Å². The molecule has 0 N–H and O–H groups in total. The van der Waals surface area contributed by atoms with Gasteiger partial charge in [-0.3, -0.25) is 0 Å². The maximum atomic E-state index is 8.32. The van der Waals surface area contributed by atoms with Crippen LogP contribution in [0.5, 0.6) is 0 Å². The highest BCUT2D eigenvalue weighted by molar-refractivity contribution is 9.09. The Kier molecular flexibility index (Phi) is 5.12. The smallest absolute Gasteiger partial charge is 0.120 e. The molecule has 1 unspecified atom stereocenters. The molecule has 0 aromatic heterocycles. The Labute approximate surface area is 72.0 Å². The number of nitriles is 1. The fraction of sp³-hybridized carbons (Fsp3) is 0.500. The number of rotatable bonds is 2. The SMILES string of the molecule is CC(=CC(Br)C#N)CBr. The van der Waals surface area contributed by atoms with Crippen LogP contribution >= 0.6 is 31.9 Å². The van der Waals surface area contributed by atoms with E-state index in [0.29, 0.717) is 0 Å². The van der Waals surface area contributed by atoms with Gasteiger partial charge in [-0.1, -0.05) is 43.5 Å². The van der Waals surface area contributed by atoms with Crippen LogP contribution in [0.3, 0.4) is 0 Å². The fourth-order valence-corrected chi connectivity index (χ4v) is 0.970. The largest absolute Gasteiger partial charge is 0.197 e. The third-order valence-electron chi connectivity index (χ3n) is 0.765. The van der Waals surface area contributed by atoms with Gasteiger partial charge >= 0.3 is 0 Å². The topological polar surface area (TPSA) is 23.8 Å². The average Bonchev–Trinajstić information content (AvgIpc) is 1.87. The molecule has 0 heterocycles. The summed E-state index contributed by atoms with van der Waals surface area (Å²) in [6, 6.07) is 2.05. The first-order chi connectivity index (χ1) is 4.20. The number of nitrogens with zero attached hydrogens (tertiary/aromatic N) is 1. The van der Waals surface area contributed by atoms with Gasteiger partial charge in [-0.25, -0.2) is 0 Å². The maximum Gasteiger partial charge on any atom is 0.120 e. The van der Waals surface area contributed by atoms with E-state index >= 15 is 0 Å². The molecule has 0 spiro atoms. The Bertz CT molecular complexity index is 146. The minimum Gasteiger partial charge on any atom is -0.197 e. The molecule has 0 saturated heterocycles. The summed E-state index contributed by atoms with van der Waals surface area (Å²) in [5, 5.41) is 9.15. The van der Waals surface area contributed by atoms with Crippen molar-refractivity contribution in [2.24, 2.45) is 0 Å². The first-order valence-corrected chi connectivity index (χ1v) is 4.51. The number of alkyl halides is 2. The van der Waals surface area contributed by atoms with Crippen molar-refractivity contribution >= 4 is 31.9 Å². The molecule has 3 heteroatoms. The van der Waals surface area contributed by atoms with Gasteiger partial charge < -0.3 is 0 Å². The lowest BCUT2D eigenvalue weighted by Gasteiger charge is -1.92. The summed E-state index contributed by atoms with van der Waals surface area (Å²) >= 11 is 6.43. The second-order valence-corrected chi connectivity index (χ2v) is 3.22. The van der Waals surface area contributed by atoms with E-state index in [1.807, 2.05) is 19.1 Å². The second kappa shape index (κ2) is 5.01. The van der Waals surface area contributed by atoms with Crippen molar-refractivity contribution in [2.45, 2.75) is 11.8 Å². The highest BCUT2D eigenvalue weighted by atomic mass is 79.9. The molecular formula is C6H7Br2N. The Morgan fingerprint density at radius 3 is 2.78 bits per heavy atom. The highest BCUT2D eigenvalue weighted by Gasteiger charge is 1.94. The molecule has 0 radical (unpaired) electrons. The van der Waals surface area contributed by atoms with Crippen LogP contribution in [0.2, 0.25) is 0 Å². The van der Waals surface area contributed by atoms with Gasteiger partial charge in [0.05, 0.1) is 6.07 Å². The molecule has 1 nitrogen and oxygen atoms in total. The lowest BCUT2D eigenvalue weighted by Crippen LogP contribution is -1.88. The van der Waals surface area contributed by atoms with E-state index in [0.717, 1.165) is 5.33 Å². The minimum absolute atomic E-state index is 0.143. The quantitative estimate of drug-likeness (QED) is 0.548. The lowest BCUT2D eigenvalue weighted by molar-refractivity contribution is 1.31. The molecule has 0 aromatic rings. The molecule has 0 aliphatic heterocycles. The third-order valence-corrected chi connectivity index (χ3v) is 2.12. The van der Waals surface area contributed by atoms with E-state index in [1.54, 1.807) is 0 Å². The lowest BCUT2D eigenvalue weighted by atomic mass is 10.3. The van der Waals surface area contributed by atoms with Gasteiger partial charge in [0.25, 0.3) is 0 Å². The molecule has 0 rings (SSSR count). The fourth-order valence-electron chi connectivity index (χ4n) is 0.332. The number of halogens is 2. The Morgan fingerprint density at radius 1 is 1.89 bits per heavy atom. The standard InChI is InChI=1S/C6H7Br2N/c1-5(3-7)2-6(8)4-9/h2,6H,3H2,1H3. The molecule has 0 saturated carbocycles. The molecule has 1 atom stereocenters. The molecule has 0 amide bonds. The first kappa shape index (κ1) is 9.19. The zero-order valence-corrected chi connectivity index (χ0v) is 8.24. The van der Waals surface area contributed by atoms with Gasteiger partial charge in [-0.2, -0.15) is 5.26 Å². The van der Waals surface area contributed by atoms with E-state index in [2.05, 4.69) is 31.9 Å². The Morgan fingerprint density at radius 2 is 2.44 bits per heavy atom. The van der Waals surface area contributed by atoms with Crippen molar-refractivity contribution < 1.29 is 0 Å². The van der Waals surface area contributed by atoms with Crippen LogP contribution in [0, 0.1) is 11.3 Å². The zero-order valence-electron chi connectivity index (χ0n) is 5.06. The highest BCUT2D eigenvalue weighted by Crippen LogP contribution is 2.05. The number of hydrogen-bond donors (Lipinski definition) is 0. The van der Waals surface area contributed by atoms with Crippen LogP contribution in [-0.4, -0.2) is 10.2 Å². The number of allylic oxidation sites excluding steroid dienone is 2. The molecule has 0 aliphatic carbocycles. The van der Waals surface area contributed by atoms with Crippen molar-refractivity contribution in [1.29, 1.82) is 5.26 Å². The predicted molar refractivity (Wildman–Crippen MR) is 45.9 cm³/mol. The Hall–Kier alpha value is 0.190. The first-order valence-electron chi connectivity index (χ1n) is 2.47. The van der Waals surface area contributed by atoms with Crippen molar-refractivity contribution in [3.8, 4) is 6.07 Å². The van der Waals surface area contributed by atoms with Gasteiger partial charge in [-0.15, -0.1) is 0 Å². The van der Waals surface area contributed by atoms with Crippen LogP contribution in [0.4, 0.5) is 0 Å². The van der Waals surface area contributed by atoms with E-state index in [-0.39, 0.29) is 4.83 Å². The van der Waals surface area contributed by atoms with Gasteiger partial charge in [-0.05, 0) is 6.92 Å². The van der Waals surface area contributed by atoms with Gasteiger partial charge in [0.2, 0.25) is 0 Å². The van der Waals surface area contributed by atoms with Crippen LogP contribution in [-0.2, 0) is 0 Å². The Balaban J connectivity index is 3.83. The molecule has 0 fully saturated rings. The molecular weight excluding hydrogens is 246 g/mol. The minimum atomic E-state index is -0.143. The van der Waals surface area contributed by atoms with Crippen LogP contribution in [0.15, 0.2) is 11.6 Å². The van der Waals surface area contributed by atoms with Crippen LogP contribution in [0.1, 0.15) is 6.92 Å². The molecule has 0 bridgehead atoms. The number of hydrogen-bond acceptors (Lipinski definition) is 1. The van der Waals surface area contributed by atoms with E-state index in [1.165, 1.54) is 5.57 Å². The third kappa shape index (κ3) is 4.68. The summed E-state index contributed by atoms with van der Waals surface area (Å²) < 4.78 is 0. The molecule has 50 valence electrons. The maximum absolute atomic E-state index is 8.32.